The third-order valence-electron chi connectivity index (χ3n) is 2.83. The van der Waals surface area contributed by atoms with Gasteiger partial charge in [0.25, 0.3) is 0 Å². The fraction of sp³-hybridized carbons (Fsp3) is 0.231. The molecule has 0 N–H and O–H groups in total. The van der Waals surface area contributed by atoms with Crippen LogP contribution in [0.1, 0.15) is 16.7 Å². The van der Waals surface area contributed by atoms with Crippen molar-refractivity contribution < 1.29 is 4.79 Å². The Hall–Kier alpha value is -2.08. The van der Waals surface area contributed by atoms with Crippen LogP contribution in [0.4, 0.5) is 0 Å². The molecule has 0 bridgehead atoms. The monoisotopic (exact) mass is 212 g/mol. The summed E-state index contributed by atoms with van der Waals surface area (Å²) in [5, 5.41) is 8.79. The maximum atomic E-state index is 11.5. The summed E-state index contributed by atoms with van der Waals surface area (Å²) in [6.45, 7) is 4.80. The Bertz CT molecular complexity index is 485. The topological polar surface area (TPSA) is 44.1 Å². The molecule has 1 aliphatic heterocycles. The molecule has 2 rings (SSSR count). The maximum absolute atomic E-state index is 11.5. The lowest BCUT2D eigenvalue weighted by molar-refractivity contribution is -0.126. The van der Waals surface area contributed by atoms with Crippen molar-refractivity contribution in [3.05, 3.63) is 47.5 Å². The number of amides is 1. The molecule has 3 nitrogen and oxygen atoms in total. The molecule has 0 aromatic heterocycles. The van der Waals surface area contributed by atoms with E-state index in [4.69, 9.17) is 5.26 Å². The van der Waals surface area contributed by atoms with E-state index in [0.29, 0.717) is 18.7 Å². The van der Waals surface area contributed by atoms with Crippen LogP contribution in [-0.2, 0) is 17.8 Å². The summed E-state index contributed by atoms with van der Waals surface area (Å²) in [6.07, 6.45) is 2.15. The van der Waals surface area contributed by atoms with E-state index >= 15 is 0 Å². The van der Waals surface area contributed by atoms with E-state index in [0.717, 1.165) is 12.0 Å². The normalized spacial score (nSPS) is 13.8. The van der Waals surface area contributed by atoms with Crippen molar-refractivity contribution in [2.24, 2.45) is 0 Å². The third-order valence-corrected chi connectivity index (χ3v) is 2.83. The second-order valence-corrected chi connectivity index (χ2v) is 3.81. The van der Waals surface area contributed by atoms with Crippen molar-refractivity contribution in [2.75, 3.05) is 6.54 Å². The van der Waals surface area contributed by atoms with Crippen LogP contribution in [0.3, 0.4) is 0 Å². The van der Waals surface area contributed by atoms with E-state index < -0.39 is 0 Å². The van der Waals surface area contributed by atoms with Gasteiger partial charge in [-0.05, 0) is 35.8 Å². The van der Waals surface area contributed by atoms with Gasteiger partial charge in [-0.2, -0.15) is 5.26 Å². The number of rotatable bonds is 1. The van der Waals surface area contributed by atoms with Crippen LogP contribution in [0.15, 0.2) is 30.9 Å². The molecule has 0 spiro atoms. The van der Waals surface area contributed by atoms with Crippen LogP contribution in [-0.4, -0.2) is 17.4 Å². The summed E-state index contributed by atoms with van der Waals surface area (Å²) in [5.41, 5.74) is 2.98. The van der Waals surface area contributed by atoms with Gasteiger partial charge >= 0.3 is 0 Å². The highest BCUT2D eigenvalue weighted by Crippen LogP contribution is 2.20. The number of carbonyl (C=O) groups excluding carboxylic acids is 1. The van der Waals surface area contributed by atoms with E-state index in [2.05, 4.69) is 12.6 Å². The molecule has 0 unspecified atom stereocenters. The zero-order valence-electron chi connectivity index (χ0n) is 8.94. The summed E-state index contributed by atoms with van der Waals surface area (Å²) in [7, 11) is 0. The number of carbonyl (C=O) groups is 1. The molecule has 16 heavy (non-hydrogen) atoms. The van der Waals surface area contributed by atoms with Crippen molar-refractivity contribution in [3.63, 3.8) is 0 Å². The molecular weight excluding hydrogens is 200 g/mol. The van der Waals surface area contributed by atoms with Gasteiger partial charge in [0.1, 0.15) is 0 Å². The molecule has 1 aromatic carbocycles. The zero-order valence-corrected chi connectivity index (χ0v) is 8.94. The van der Waals surface area contributed by atoms with Crippen LogP contribution in [0.25, 0.3) is 0 Å². The predicted octanol–water partition coefficient (Wildman–Crippen LogP) is 1.63. The van der Waals surface area contributed by atoms with Gasteiger partial charge in [0, 0.05) is 13.1 Å². The number of nitriles is 1. The first-order chi connectivity index (χ1) is 7.74. The van der Waals surface area contributed by atoms with Crippen LogP contribution < -0.4 is 0 Å². The Morgan fingerprint density at radius 1 is 1.50 bits per heavy atom. The lowest BCUT2D eigenvalue weighted by Gasteiger charge is -2.27. The minimum absolute atomic E-state index is 0.0324. The molecule has 1 heterocycles. The first-order valence-electron chi connectivity index (χ1n) is 5.18. The average molecular weight is 212 g/mol. The van der Waals surface area contributed by atoms with Crippen molar-refractivity contribution >= 4 is 5.91 Å². The summed E-state index contributed by atoms with van der Waals surface area (Å²) in [5.74, 6) is -0.0324. The van der Waals surface area contributed by atoms with Crippen molar-refractivity contribution in [3.8, 4) is 6.07 Å². The SMILES string of the molecule is C=CC(=O)N1CCc2cc(C#N)ccc2C1. The number of benzene rings is 1. The highest BCUT2D eigenvalue weighted by atomic mass is 16.2. The minimum atomic E-state index is -0.0324. The van der Waals surface area contributed by atoms with Crippen LogP contribution >= 0.6 is 0 Å². The fourth-order valence-electron chi connectivity index (χ4n) is 1.94. The zero-order chi connectivity index (χ0) is 11.5. The predicted molar refractivity (Wildman–Crippen MR) is 60.5 cm³/mol. The molecule has 3 heteroatoms. The smallest absolute Gasteiger partial charge is 0.246 e. The van der Waals surface area contributed by atoms with Gasteiger partial charge in [0.2, 0.25) is 5.91 Å². The summed E-state index contributed by atoms with van der Waals surface area (Å²) in [6, 6.07) is 7.75. The number of hydrogen-bond acceptors (Lipinski definition) is 2. The van der Waals surface area contributed by atoms with Gasteiger partial charge in [-0.3, -0.25) is 4.79 Å². The highest BCUT2D eigenvalue weighted by molar-refractivity contribution is 5.87. The van der Waals surface area contributed by atoms with Gasteiger partial charge in [0.15, 0.2) is 0 Å². The van der Waals surface area contributed by atoms with E-state index in [1.807, 2.05) is 12.1 Å². The quantitative estimate of drug-likeness (QED) is 0.664. The van der Waals surface area contributed by atoms with Crippen molar-refractivity contribution in [1.82, 2.24) is 4.90 Å². The second kappa shape index (κ2) is 4.19. The van der Waals surface area contributed by atoms with Crippen LogP contribution in [0.2, 0.25) is 0 Å². The lowest BCUT2D eigenvalue weighted by atomic mass is 9.97. The van der Waals surface area contributed by atoms with Gasteiger partial charge in [-0.15, -0.1) is 0 Å². The van der Waals surface area contributed by atoms with E-state index in [1.165, 1.54) is 11.6 Å². The van der Waals surface area contributed by atoms with E-state index in [1.54, 1.807) is 11.0 Å². The van der Waals surface area contributed by atoms with Crippen LogP contribution in [0.5, 0.6) is 0 Å². The molecule has 0 fully saturated rings. The molecule has 0 atom stereocenters. The molecule has 0 saturated carbocycles. The number of fused-ring (bicyclic) bond motifs is 1. The average Bonchev–Trinajstić information content (AvgIpc) is 2.36. The second-order valence-electron chi connectivity index (χ2n) is 3.81. The van der Waals surface area contributed by atoms with Crippen molar-refractivity contribution in [2.45, 2.75) is 13.0 Å². The molecule has 0 aliphatic carbocycles. The van der Waals surface area contributed by atoms with Crippen molar-refractivity contribution in [1.29, 1.82) is 5.26 Å². The van der Waals surface area contributed by atoms with E-state index in [9.17, 15) is 4.79 Å². The Kier molecular flexibility index (Phi) is 2.74. The molecular formula is C13H12N2O. The first kappa shape index (κ1) is 10.4. The lowest BCUT2D eigenvalue weighted by Crippen LogP contribution is -2.34. The molecule has 0 radical (unpaired) electrons. The largest absolute Gasteiger partial charge is 0.335 e. The Morgan fingerprint density at radius 3 is 3.00 bits per heavy atom. The Balaban J connectivity index is 2.26. The number of hydrogen-bond donors (Lipinski definition) is 0. The molecule has 0 saturated heterocycles. The summed E-state index contributed by atoms with van der Waals surface area (Å²) >= 11 is 0. The molecule has 1 amide bonds. The molecule has 80 valence electrons. The minimum Gasteiger partial charge on any atom is -0.335 e. The summed E-state index contributed by atoms with van der Waals surface area (Å²) in [4.78, 5) is 13.2. The van der Waals surface area contributed by atoms with Gasteiger partial charge in [-0.1, -0.05) is 12.6 Å². The Morgan fingerprint density at radius 2 is 2.31 bits per heavy atom. The molecule has 1 aromatic rings. The van der Waals surface area contributed by atoms with Gasteiger partial charge in [0.05, 0.1) is 11.6 Å². The van der Waals surface area contributed by atoms with E-state index in [-0.39, 0.29) is 5.91 Å². The maximum Gasteiger partial charge on any atom is 0.246 e. The Labute approximate surface area is 94.6 Å². The van der Waals surface area contributed by atoms with Gasteiger partial charge < -0.3 is 4.90 Å². The first-order valence-corrected chi connectivity index (χ1v) is 5.18. The van der Waals surface area contributed by atoms with Gasteiger partial charge in [-0.25, -0.2) is 0 Å². The number of nitrogens with zero attached hydrogens (tertiary/aromatic N) is 2. The highest BCUT2D eigenvalue weighted by Gasteiger charge is 2.18. The fourth-order valence-corrected chi connectivity index (χ4v) is 1.94. The summed E-state index contributed by atoms with van der Waals surface area (Å²) < 4.78 is 0. The standard InChI is InChI=1S/C13H12N2O/c1-2-13(16)15-6-5-11-7-10(8-14)3-4-12(11)9-15/h2-4,7H,1,5-6,9H2. The molecule has 1 aliphatic rings. The third kappa shape index (κ3) is 1.82. The van der Waals surface area contributed by atoms with Crippen LogP contribution in [0, 0.1) is 11.3 Å².